The van der Waals surface area contributed by atoms with Crippen LogP contribution in [0.1, 0.15) is 21.6 Å². The van der Waals surface area contributed by atoms with Crippen molar-refractivity contribution in [1.82, 2.24) is 9.78 Å². The van der Waals surface area contributed by atoms with Crippen LogP contribution in [0.4, 0.5) is 10.2 Å². The number of hydrogen-bond donors (Lipinski definition) is 1. The summed E-state index contributed by atoms with van der Waals surface area (Å²) in [5.41, 5.74) is 1.81. The molecule has 6 nitrogen and oxygen atoms in total. The van der Waals surface area contributed by atoms with Gasteiger partial charge >= 0.3 is 0 Å². The number of ether oxygens (including phenoxy) is 2. The summed E-state index contributed by atoms with van der Waals surface area (Å²) in [4.78, 5) is 12.8. The van der Waals surface area contributed by atoms with E-state index >= 15 is 0 Å². The molecule has 0 saturated heterocycles. The number of carbonyl (C=O) groups excluding carboxylic acids is 1. The molecule has 1 N–H and O–H groups in total. The zero-order valence-electron chi connectivity index (χ0n) is 15.6. The molecule has 0 radical (unpaired) electrons. The molecule has 28 heavy (non-hydrogen) atoms. The molecule has 0 aliphatic rings. The van der Waals surface area contributed by atoms with Gasteiger partial charge in [0.15, 0.2) is 5.82 Å². The van der Waals surface area contributed by atoms with Gasteiger partial charge in [0.05, 0.1) is 20.8 Å². The maximum atomic E-state index is 13.2. The number of methoxy groups -OCH3 is 2. The molecule has 0 aliphatic heterocycles. The van der Waals surface area contributed by atoms with Crippen molar-refractivity contribution in [2.75, 3.05) is 19.5 Å². The molecule has 146 valence electrons. The second-order valence-corrected chi connectivity index (χ2v) is 6.46. The molecule has 3 aromatic rings. The molecular formula is C20H19ClFN3O3. The third-order valence-corrected chi connectivity index (χ3v) is 4.56. The summed E-state index contributed by atoms with van der Waals surface area (Å²) in [5.74, 6) is 0.356. The van der Waals surface area contributed by atoms with Gasteiger partial charge in [-0.3, -0.25) is 9.48 Å². The first kappa shape index (κ1) is 19.7. The molecule has 0 spiro atoms. The Bertz CT molecular complexity index is 998. The number of hydrogen-bond acceptors (Lipinski definition) is 4. The van der Waals surface area contributed by atoms with E-state index in [9.17, 15) is 9.18 Å². The maximum absolute atomic E-state index is 13.2. The van der Waals surface area contributed by atoms with Crippen LogP contribution in [0.25, 0.3) is 0 Å². The summed E-state index contributed by atoms with van der Waals surface area (Å²) < 4.78 is 25.4. The predicted molar refractivity (Wildman–Crippen MR) is 105 cm³/mol. The first-order chi connectivity index (χ1) is 13.4. The van der Waals surface area contributed by atoms with E-state index in [1.165, 1.54) is 26.4 Å². The third-order valence-electron chi connectivity index (χ3n) is 4.21. The molecule has 0 aliphatic carbocycles. The van der Waals surface area contributed by atoms with Crippen LogP contribution in [0.15, 0.2) is 42.5 Å². The van der Waals surface area contributed by atoms with Crippen LogP contribution < -0.4 is 14.8 Å². The van der Waals surface area contributed by atoms with Crippen LogP contribution in [-0.2, 0) is 6.54 Å². The standard InChI is InChI=1S/C20H19ClFN3O3/c1-12-9-18(24-25(12)11-13-7-8-14(22)10-15(13)21)23-20(26)19-16(27-2)5-4-6-17(19)28-3/h4-10H,11H2,1-3H3,(H,23,24,26). The summed E-state index contributed by atoms with van der Waals surface area (Å²) in [6.45, 7) is 2.20. The molecule has 1 amide bonds. The highest BCUT2D eigenvalue weighted by molar-refractivity contribution is 6.31. The Balaban J connectivity index is 1.83. The average Bonchev–Trinajstić information content (AvgIpc) is 3.01. The highest BCUT2D eigenvalue weighted by Crippen LogP contribution is 2.29. The van der Waals surface area contributed by atoms with E-state index in [1.54, 1.807) is 35.0 Å². The van der Waals surface area contributed by atoms with Gasteiger partial charge in [0.1, 0.15) is 22.9 Å². The highest BCUT2D eigenvalue weighted by atomic mass is 35.5. The SMILES string of the molecule is COc1cccc(OC)c1C(=O)Nc1cc(C)n(Cc2ccc(F)cc2Cl)n1. The zero-order chi connectivity index (χ0) is 20.3. The van der Waals surface area contributed by atoms with Crippen LogP contribution in [0, 0.1) is 12.7 Å². The van der Waals surface area contributed by atoms with E-state index in [1.807, 2.05) is 6.92 Å². The number of aryl methyl sites for hydroxylation is 1. The van der Waals surface area contributed by atoms with Crippen molar-refractivity contribution in [3.05, 3.63) is 70.1 Å². The van der Waals surface area contributed by atoms with E-state index in [4.69, 9.17) is 21.1 Å². The van der Waals surface area contributed by atoms with Crippen LogP contribution in [0.5, 0.6) is 11.5 Å². The Hall–Kier alpha value is -3.06. The van der Waals surface area contributed by atoms with E-state index < -0.39 is 11.7 Å². The topological polar surface area (TPSA) is 65.4 Å². The number of nitrogens with one attached hydrogen (secondary N) is 1. The molecule has 0 unspecified atom stereocenters. The summed E-state index contributed by atoms with van der Waals surface area (Å²) >= 11 is 6.09. The normalized spacial score (nSPS) is 10.6. The van der Waals surface area contributed by atoms with Gasteiger partial charge in [0.25, 0.3) is 5.91 Å². The Morgan fingerprint density at radius 3 is 2.46 bits per heavy atom. The van der Waals surface area contributed by atoms with Gasteiger partial charge in [-0.05, 0) is 36.8 Å². The fraction of sp³-hybridized carbons (Fsp3) is 0.200. The van der Waals surface area contributed by atoms with Crippen molar-refractivity contribution in [1.29, 1.82) is 0 Å². The second-order valence-electron chi connectivity index (χ2n) is 6.06. The lowest BCUT2D eigenvalue weighted by Crippen LogP contribution is -2.15. The molecule has 1 heterocycles. The summed E-state index contributed by atoms with van der Waals surface area (Å²) in [6.07, 6.45) is 0. The predicted octanol–water partition coefficient (Wildman–Crippen LogP) is 4.30. The summed E-state index contributed by atoms with van der Waals surface area (Å²) in [7, 11) is 2.97. The summed E-state index contributed by atoms with van der Waals surface area (Å²) in [5, 5.41) is 7.47. The number of rotatable bonds is 6. The molecule has 3 rings (SSSR count). The number of nitrogens with zero attached hydrogens (tertiary/aromatic N) is 2. The maximum Gasteiger partial charge on any atom is 0.264 e. The lowest BCUT2D eigenvalue weighted by atomic mass is 10.1. The quantitative estimate of drug-likeness (QED) is 0.666. The van der Waals surface area contributed by atoms with Crippen molar-refractivity contribution in [2.45, 2.75) is 13.5 Å². The molecule has 0 fully saturated rings. The number of halogens is 2. The molecule has 0 saturated carbocycles. The fourth-order valence-corrected chi connectivity index (χ4v) is 3.02. The van der Waals surface area contributed by atoms with Crippen molar-refractivity contribution < 1.29 is 18.7 Å². The fourth-order valence-electron chi connectivity index (χ4n) is 2.80. The molecule has 0 bridgehead atoms. The van der Waals surface area contributed by atoms with E-state index in [0.29, 0.717) is 28.9 Å². The number of amides is 1. The average molecular weight is 404 g/mol. The van der Waals surface area contributed by atoms with Crippen molar-refractivity contribution in [3.8, 4) is 11.5 Å². The minimum absolute atomic E-state index is 0.279. The van der Waals surface area contributed by atoms with E-state index in [2.05, 4.69) is 10.4 Å². The van der Waals surface area contributed by atoms with Crippen LogP contribution >= 0.6 is 11.6 Å². The number of benzene rings is 2. The zero-order valence-corrected chi connectivity index (χ0v) is 16.4. The molecule has 1 aromatic heterocycles. The Kier molecular flexibility index (Phi) is 5.84. The lowest BCUT2D eigenvalue weighted by molar-refractivity contribution is 0.102. The van der Waals surface area contributed by atoms with Gasteiger partial charge in [-0.1, -0.05) is 23.7 Å². The first-order valence-electron chi connectivity index (χ1n) is 8.43. The molecular weight excluding hydrogens is 385 g/mol. The Morgan fingerprint density at radius 2 is 1.86 bits per heavy atom. The van der Waals surface area contributed by atoms with Crippen LogP contribution in [0.3, 0.4) is 0 Å². The largest absolute Gasteiger partial charge is 0.496 e. The highest BCUT2D eigenvalue weighted by Gasteiger charge is 2.19. The minimum atomic E-state index is -0.404. The lowest BCUT2D eigenvalue weighted by Gasteiger charge is -2.12. The summed E-state index contributed by atoms with van der Waals surface area (Å²) in [6, 6.07) is 11.0. The van der Waals surface area contributed by atoms with Gasteiger partial charge < -0.3 is 14.8 Å². The van der Waals surface area contributed by atoms with Gasteiger partial charge in [0.2, 0.25) is 0 Å². The molecule has 8 heteroatoms. The number of aromatic nitrogens is 2. The minimum Gasteiger partial charge on any atom is -0.496 e. The van der Waals surface area contributed by atoms with E-state index in [-0.39, 0.29) is 5.56 Å². The van der Waals surface area contributed by atoms with E-state index in [0.717, 1.165) is 11.3 Å². The van der Waals surface area contributed by atoms with Gasteiger partial charge in [-0.2, -0.15) is 5.10 Å². The Morgan fingerprint density at radius 1 is 1.18 bits per heavy atom. The smallest absolute Gasteiger partial charge is 0.264 e. The Labute approximate surface area is 166 Å². The first-order valence-corrected chi connectivity index (χ1v) is 8.81. The third kappa shape index (κ3) is 4.09. The van der Waals surface area contributed by atoms with Gasteiger partial charge in [-0.15, -0.1) is 0 Å². The van der Waals surface area contributed by atoms with Crippen molar-refractivity contribution >= 4 is 23.3 Å². The van der Waals surface area contributed by atoms with Crippen molar-refractivity contribution in [2.24, 2.45) is 0 Å². The van der Waals surface area contributed by atoms with Crippen molar-refractivity contribution in [3.63, 3.8) is 0 Å². The second kappa shape index (κ2) is 8.31. The molecule has 0 atom stereocenters. The number of carbonyl (C=O) groups is 1. The monoisotopic (exact) mass is 403 g/mol. The molecule has 2 aromatic carbocycles. The van der Waals surface area contributed by atoms with Crippen LogP contribution in [-0.4, -0.2) is 29.9 Å². The van der Waals surface area contributed by atoms with Gasteiger partial charge in [-0.25, -0.2) is 4.39 Å². The number of anilines is 1. The van der Waals surface area contributed by atoms with Crippen LogP contribution in [0.2, 0.25) is 5.02 Å². The van der Waals surface area contributed by atoms with Gasteiger partial charge in [0, 0.05) is 16.8 Å².